The predicted molar refractivity (Wildman–Crippen MR) is 109 cm³/mol. The first-order chi connectivity index (χ1) is 13.9. The van der Waals surface area contributed by atoms with Crippen LogP contribution in [0.1, 0.15) is 24.5 Å². The fourth-order valence-corrected chi connectivity index (χ4v) is 2.69. The Bertz CT molecular complexity index is 975. The summed E-state index contributed by atoms with van der Waals surface area (Å²) in [5.74, 6) is -0.753. The van der Waals surface area contributed by atoms with Gasteiger partial charge >= 0.3 is 0 Å². The molecular formula is C23H22F2O4. The number of halogens is 2. The molecule has 6 heteroatoms. The lowest BCUT2D eigenvalue weighted by Gasteiger charge is -2.06. The summed E-state index contributed by atoms with van der Waals surface area (Å²) in [6.45, 7) is 1.72. The molecule has 2 rings (SSSR count). The molecule has 2 aromatic rings. The standard InChI is InChI=1S/C23H22F2O4/c1-4-19(20(26)9-5-15-13-17(24)7-11-22(15)28-2)21(27)10-6-16-14-18(25)8-12-23(16)29-3/h5-14,26H,4H2,1-3H3/b9-5+,10-6+,20-19-. The van der Waals surface area contributed by atoms with E-state index in [1.54, 1.807) is 6.92 Å². The summed E-state index contributed by atoms with van der Waals surface area (Å²) >= 11 is 0. The van der Waals surface area contributed by atoms with Gasteiger partial charge < -0.3 is 14.6 Å². The zero-order valence-corrected chi connectivity index (χ0v) is 16.4. The monoisotopic (exact) mass is 400 g/mol. The van der Waals surface area contributed by atoms with E-state index in [4.69, 9.17) is 9.47 Å². The van der Waals surface area contributed by atoms with Crippen molar-refractivity contribution in [3.05, 3.63) is 82.6 Å². The third kappa shape index (κ3) is 5.78. The number of hydrogen-bond donors (Lipinski definition) is 1. The Kier molecular flexibility index (Phi) is 7.71. The fourth-order valence-electron chi connectivity index (χ4n) is 2.69. The molecule has 0 heterocycles. The second-order valence-corrected chi connectivity index (χ2v) is 6.02. The number of ether oxygens (including phenoxy) is 2. The van der Waals surface area contributed by atoms with Crippen LogP contribution in [0.3, 0.4) is 0 Å². The molecule has 0 fully saturated rings. The molecule has 29 heavy (non-hydrogen) atoms. The van der Waals surface area contributed by atoms with E-state index < -0.39 is 17.4 Å². The maximum Gasteiger partial charge on any atom is 0.185 e. The van der Waals surface area contributed by atoms with Crippen LogP contribution in [0.4, 0.5) is 8.78 Å². The summed E-state index contributed by atoms with van der Waals surface area (Å²) < 4.78 is 37.2. The maximum absolute atomic E-state index is 13.4. The van der Waals surface area contributed by atoms with Gasteiger partial charge in [0.1, 0.15) is 28.9 Å². The van der Waals surface area contributed by atoms with Crippen molar-refractivity contribution >= 4 is 17.9 Å². The van der Waals surface area contributed by atoms with Crippen molar-refractivity contribution in [2.45, 2.75) is 13.3 Å². The number of hydrogen-bond acceptors (Lipinski definition) is 4. The van der Waals surface area contributed by atoms with Gasteiger partial charge in [-0.25, -0.2) is 8.78 Å². The van der Waals surface area contributed by atoms with Crippen LogP contribution in [0.25, 0.3) is 12.2 Å². The number of benzene rings is 2. The van der Waals surface area contributed by atoms with E-state index in [0.717, 1.165) is 0 Å². The van der Waals surface area contributed by atoms with Gasteiger partial charge in [0.2, 0.25) is 0 Å². The van der Waals surface area contributed by atoms with Crippen molar-refractivity contribution in [3.8, 4) is 11.5 Å². The smallest absolute Gasteiger partial charge is 0.185 e. The molecule has 0 bridgehead atoms. The van der Waals surface area contributed by atoms with Crippen molar-refractivity contribution in [2.24, 2.45) is 0 Å². The molecule has 152 valence electrons. The largest absolute Gasteiger partial charge is 0.508 e. The minimum absolute atomic E-state index is 0.156. The molecule has 0 saturated carbocycles. The number of aliphatic hydroxyl groups excluding tert-OH is 1. The molecule has 0 radical (unpaired) electrons. The highest BCUT2D eigenvalue weighted by Crippen LogP contribution is 2.23. The average molecular weight is 400 g/mol. The summed E-state index contributed by atoms with van der Waals surface area (Å²) in [5.41, 5.74) is 0.973. The lowest BCUT2D eigenvalue weighted by atomic mass is 10.0. The molecular weight excluding hydrogens is 378 g/mol. The molecule has 0 aliphatic carbocycles. The molecule has 0 atom stereocenters. The topological polar surface area (TPSA) is 55.8 Å². The molecule has 0 aliphatic heterocycles. The minimum atomic E-state index is -0.459. The van der Waals surface area contributed by atoms with E-state index in [-0.39, 0.29) is 17.8 Å². The number of allylic oxidation sites excluding steroid dienone is 3. The van der Waals surface area contributed by atoms with Gasteiger partial charge in [0.25, 0.3) is 0 Å². The van der Waals surface area contributed by atoms with Crippen LogP contribution in [0.2, 0.25) is 0 Å². The summed E-state index contributed by atoms with van der Waals surface area (Å²) in [7, 11) is 2.90. The number of methoxy groups -OCH3 is 2. The van der Waals surface area contributed by atoms with Crippen LogP contribution in [-0.2, 0) is 4.79 Å². The Morgan fingerprint density at radius 2 is 1.41 bits per heavy atom. The first kappa shape index (κ1) is 21.9. The highest BCUT2D eigenvalue weighted by atomic mass is 19.1. The van der Waals surface area contributed by atoms with Gasteiger partial charge in [-0.15, -0.1) is 0 Å². The molecule has 0 saturated heterocycles. The van der Waals surface area contributed by atoms with E-state index in [1.165, 1.54) is 74.9 Å². The van der Waals surface area contributed by atoms with Crippen LogP contribution < -0.4 is 9.47 Å². The van der Waals surface area contributed by atoms with Crippen molar-refractivity contribution in [2.75, 3.05) is 14.2 Å². The van der Waals surface area contributed by atoms with Crippen LogP contribution in [-0.4, -0.2) is 25.1 Å². The van der Waals surface area contributed by atoms with Gasteiger partial charge in [0.15, 0.2) is 5.78 Å². The van der Waals surface area contributed by atoms with E-state index in [9.17, 15) is 18.7 Å². The lowest BCUT2D eigenvalue weighted by Crippen LogP contribution is -2.01. The van der Waals surface area contributed by atoms with Crippen LogP contribution in [0.15, 0.2) is 59.9 Å². The zero-order chi connectivity index (χ0) is 21.4. The lowest BCUT2D eigenvalue weighted by molar-refractivity contribution is -0.111. The maximum atomic E-state index is 13.4. The molecule has 0 amide bonds. The van der Waals surface area contributed by atoms with Crippen LogP contribution >= 0.6 is 0 Å². The SMILES string of the molecule is CC/C(C(=O)/C=C/c1cc(F)ccc1OC)=C(O)\C=C\c1cc(F)ccc1OC. The van der Waals surface area contributed by atoms with Gasteiger partial charge in [-0.3, -0.25) is 4.79 Å². The van der Waals surface area contributed by atoms with Crippen LogP contribution in [0.5, 0.6) is 11.5 Å². The third-order valence-corrected chi connectivity index (χ3v) is 4.18. The molecule has 0 unspecified atom stereocenters. The molecule has 2 aromatic carbocycles. The Labute approximate surface area is 168 Å². The van der Waals surface area contributed by atoms with Crippen molar-refractivity contribution in [1.29, 1.82) is 0 Å². The molecule has 0 aromatic heterocycles. The van der Waals surface area contributed by atoms with E-state index >= 15 is 0 Å². The number of rotatable bonds is 8. The quantitative estimate of drug-likeness (QED) is 0.361. The first-order valence-electron chi connectivity index (χ1n) is 8.89. The second kappa shape index (κ2) is 10.2. The molecule has 0 spiro atoms. The van der Waals surface area contributed by atoms with Gasteiger partial charge in [-0.05, 0) is 67.1 Å². The van der Waals surface area contributed by atoms with Crippen molar-refractivity contribution < 1.29 is 28.2 Å². The fraction of sp³-hybridized carbons (Fsp3) is 0.174. The summed E-state index contributed by atoms with van der Waals surface area (Å²) in [6.07, 6.45) is 5.69. The molecule has 1 N–H and O–H groups in total. The van der Waals surface area contributed by atoms with Gasteiger partial charge in [-0.2, -0.15) is 0 Å². The minimum Gasteiger partial charge on any atom is -0.508 e. The van der Waals surface area contributed by atoms with Crippen LogP contribution in [0, 0.1) is 11.6 Å². The van der Waals surface area contributed by atoms with E-state index in [2.05, 4.69) is 0 Å². The normalized spacial score (nSPS) is 12.3. The Balaban J connectivity index is 2.29. The Morgan fingerprint density at radius 1 is 0.931 bits per heavy atom. The van der Waals surface area contributed by atoms with E-state index in [1.807, 2.05) is 0 Å². The number of ketones is 1. The van der Waals surface area contributed by atoms with Gasteiger partial charge in [0, 0.05) is 16.7 Å². The Morgan fingerprint density at radius 3 is 1.86 bits per heavy atom. The first-order valence-corrected chi connectivity index (χ1v) is 8.89. The number of carbonyl (C=O) groups is 1. The molecule has 4 nitrogen and oxygen atoms in total. The summed E-state index contributed by atoms with van der Waals surface area (Å²) in [5, 5.41) is 10.3. The predicted octanol–water partition coefficient (Wildman–Crippen LogP) is 5.50. The zero-order valence-electron chi connectivity index (χ0n) is 16.4. The average Bonchev–Trinajstić information content (AvgIpc) is 2.71. The highest BCUT2D eigenvalue weighted by Gasteiger charge is 2.10. The van der Waals surface area contributed by atoms with Crippen molar-refractivity contribution in [1.82, 2.24) is 0 Å². The van der Waals surface area contributed by atoms with Gasteiger partial charge in [0.05, 0.1) is 14.2 Å². The summed E-state index contributed by atoms with van der Waals surface area (Å²) in [6, 6.07) is 7.95. The van der Waals surface area contributed by atoms with Crippen molar-refractivity contribution in [3.63, 3.8) is 0 Å². The summed E-state index contributed by atoms with van der Waals surface area (Å²) in [4.78, 5) is 12.5. The second-order valence-electron chi connectivity index (χ2n) is 6.02. The highest BCUT2D eigenvalue weighted by molar-refractivity contribution is 6.07. The third-order valence-electron chi connectivity index (χ3n) is 4.18. The number of carbonyl (C=O) groups excluding carboxylic acids is 1. The Hall–Kier alpha value is -3.41. The molecule has 0 aliphatic rings. The van der Waals surface area contributed by atoms with E-state index in [0.29, 0.717) is 22.6 Å². The van der Waals surface area contributed by atoms with Gasteiger partial charge in [-0.1, -0.05) is 6.92 Å². The number of aliphatic hydroxyl groups is 1.